The van der Waals surface area contributed by atoms with Crippen molar-refractivity contribution in [1.82, 2.24) is 0 Å². The van der Waals surface area contributed by atoms with Crippen LogP contribution in [0.25, 0.3) is 0 Å². The van der Waals surface area contributed by atoms with Crippen LogP contribution in [0.4, 0.5) is 5.69 Å². The molecule has 1 aromatic rings. The number of nitrogens with one attached hydrogen (secondary N) is 1. The summed E-state index contributed by atoms with van der Waals surface area (Å²) in [5.74, 6) is 2.74. The Morgan fingerprint density at radius 3 is 2.53 bits per heavy atom. The summed E-state index contributed by atoms with van der Waals surface area (Å²) < 4.78 is 0. The lowest BCUT2D eigenvalue weighted by molar-refractivity contribution is 1.26. The normalized spacial score (nSPS) is 10.9. The quantitative estimate of drug-likeness (QED) is 0.434. The number of aryl methyl sites for hydroxylation is 2. The summed E-state index contributed by atoms with van der Waals surface area (Å²) in [7, 11) is 0. The molecule has 0 heterocycles. The van der Waals surface area contributed by atoms with Gasteiger partial charge >= 0.3 is 0 Å². The van der Waals surface area contributed by atoms with Gasteiger partial charge in [0.05, 0.1) is 0 Å². The number of terminal acetylenes is 1. The van der Waals surface area contributed by atoms with Crippen LogP contribution in [-0.4, -0.2) is 12.5 Å². The minimum atomic E-state index is 0.295. The molecule has 0 aliphatic rings. The Kier molecular flexibility index (Phi) is 3.75. The van der Waals surface area contributed by atoms with Crippen molar-refractivity contribution in [3.8, 4) is 12.3 Å². The van der Waals surface area contributed by atoms with Crippen LogP contribution >= 0.6 is 0 Å². The summed E-state index contributed by atoms with van der Waals surface area (Å²) in [6.07, 6.45) is 5.08. The maximum Gasteiger partial charge on any atom is 0.194 e. The van der Waals surface area contributed by atoms with E-state index in [4.69, 9.17) is 12.2 Å². The van der Waals surface area contributed by atoms with Gasteiger partial charge in [-0.2, -0.15) is 0 Å². The molecule has 0 saturated carbocycles. The van der Waals surface area contributed by atoms with Crippen molar-refractivity contribution in [2.75, 3.05) is 11.9 Å². The highest BCUT2D eigenvalue weighted by Crippen LogP contribution is 2.13. The number of benzene rings is 1. The van der Waals surface area contributed by atoms with Crippen LogP contribution in [-0.2, 0) is 0 Å². The third-order valence-electron chi connectivity index (χ3n) is 1.83. The van der Waals surface area contributed by atoms with E-state index in [0.29, 0.717) is 12.5 Å². The predicted octanol–water partition coefficient (Wildman–Crippen LogP) is 1.66. The van der Waals surface area contributed by atoms with E-state index >= 15 is 0 Å². The van der Waals surface area contributed by atoms with E-state index in [9.17, 15) is 0 Å². The molecule has 1 rings (SSSR count). The van der Waals surface area contributed by atoms with Crippen molar-refractivity contribution in [3.63, 3.8) is 0 Å². The maximum atomic E-state index is 5.64. The summed E-state index contributed by atoms with van der Waals surface area (Å²) in [6.45, 7) is 4.36. The minimum Gasteiger partial charge on any atom is -0.370 e. The Balaban J connectivity index is 2.77. The van der Waals surface area contributed by atoms with E-state index in [1.807, 2.05) is 26.0 Å². The number of rotatable bonds is 2. The first-order valence-electron chi connectivity index (χ1n) is 4.70. The number of guanidine groups is 1. The molecular formula is C12H15N3. The van der Waals surface area contributed by atoms with Gasteiger partial charge in [-0.3, -0.25) is 0 Å². The smallest absolute Gasteiger partial charge is 0.194 e. The van der Waals surface area contributed by atoms with Crippen LogP contribution in [0.2, 0.25) is 0 Å². The molecule has 15 heavy (non-hydrogen) atoms. The summed E-state index contributed by atoms with van der Waals surface area (Å²) in [5, 5.41) is 2.99. The van der Waals surface area contributed by atoms with Crippen LogP contribution in [0.1, 0.15) is 11.1 Å². The lowest BCUT2D eigenvalue weighted by atomic mass is 10.1. The van der Waals surface area contributed by atoms with Gasteiger partial charge in [0.2, 0.25) is 0 Å². The molecule has 0 atom stereocenters. The van der Waals surface area contributed by atoms with Crippen molar-refractivity contribution in [2.45, 2.75) is 13.8 Å². The third-order valence-corrected chi connectivity index (χ3v) is 1.83. The first-order valence-corrected chi connectivity index (χ1v) is 4.70. The molecular weight excluding hydrogens is 186 g/mol. The zero-order valence-electron chi connectivity index (χ0n) is 9.04. The van der Waals surface area contributed by atoms with Crippen LogP contribution in [0.3, 0.4) is 0 Å². The molecule has 0 fully saturated rings. The molecule has 3 N–H and O–H groups in total. The number of nitrogens with zero attached hydrogens (tertiary/aromatic N) is 1. The Morgan fingerprint density at radius 2 is 2.00 bits per heavy atom. The highest BCUT2D eigenvalue weighted by molar-refractivity contribution is 5.92. The summed E-state index contributed by atoms with van der Waals surface area (Å²) in [5.41, 5.74) is 8.94. The van der Waals surface area contributed by atoms with Crippen LogP contribution in [0.15, 0.2) is 23.2 Å². The van der Waals surface area contributed by atoms with E-state index in [-0.39, 0.29) is 0 Å². The fourth-order valence-corrected chi connectivity index (χ4v) is 1.37. The monoisotopic (exact) mass is 201 g/mol. The van der Waals surface area contributed by atoms with E-state index < -0.39 is 0 Å². The lowest BCUT2D eigenvalue weighted by Gasteiger charge is -2.07. The second kappa shape index (κ2) is 5.06. The van der Waals surface area contributed by atoms with Crippen molar-refractivity contribution >= 4 is 11.6 Å². The van der Waals surface area contributed by atoms with Gasteiger partial charge in [-0.15, -0.1) is 6.42 Å². The van der Waals surface area contributed by atoms with E-state index in [1.165, 1.54) is 11.1 Å². The average molecular weight is 201 g/mol. The zero-order chi connectivity index (χ0) is 11.3. The first-order chi connectivity index (χ1) is 7.11. The fourth-order valence-electron chi connectivity index (χ4n) is 1.37. The molecule has 0 unspecified atom stereocenters. The van der Waals surface area contributed by atoms with Gasteiger partial charge in [-0.1, -0.05) is 12.0 Å². The molecule has 0 aliphatic heterocycles. The molecule has 0 bridgehead atoms. The minimum absolute atomic E-state index is 0.295. The van der Waals surface area contributed by atoms with Crippen molar-refractivity contribution in [1.29, 1.82) is 0 Å². The second-order valence-corrected chi connectivity index (χ2v) is 3.41. The van der Waals surface area contributed by atoms with Crippen LogP contribution in [0.5, 0.6) is 0 Å². The molecule has 0 aliphatic carbocycles. The number of anilines is 1. The van der Waals surface area contributed by atoms with Crippen molar-refractivity contribution in [3.05, 3.63) is 29.3 Å². The third kappa shape index (κ3) is 3.74. The molecule has 0 spiro atoms. The van der Waals surface area contributed by atoms with Crippen molar-refractivity contribution < 1.29 is 0 Å². The molecule has 0 saturated heterocycles. The highest BCUT2D eigenvalue weighted by Gasteiger charge is 1.96. The summed E-state index contributed by atoms with van der Waals surface area (Å²) >= 11 is 0. The van der Waals surface area contributed by atoms with Gasteiger partial charge in [0, 0.05) is 5.69 Å². The number of aliphatic imine (C=N–C) groups is 1. The Hall–Kier alpha value is -1.95. The molecule has 3 heteroatoms. The second-order valence-electron chi connectivity index (χ2n) is 3.41. The standard InChI is InChI=1S/C12H15N3/c1-4-5-14-12(13)15-11-7-9(2)6-10(3)8-11/h1,6-8H,5H2,2-3H3,(H3,13,14,15). The topological polar surface area (TPSA) is 50.4 Å². The van der Waals surface area contributed by atoms with Gasteiger partial charge in [0.1, 0.15) is 6.54 Å². The average Bonchev–Trinajstić information content (AvgIpc) is 2.13. The molecule has 78 valence electrons. The SMILES string of the molecule is C#CCN=C(N)Nc1cc(C)cc(C)c1. The molecule has 3 nitrogen and oxygen atoms in total. The maximum absolute atomic E-state index is 5.64. The number of hydrogen-bond donors (Lipinski definition) is 2. The van der Waals surface area contributed by atoms with Gasteiger partial charge in [0.15, 0.2) is 5.96 Å². The molecule has 1 aromatic carbocycles. The Morgan fingerprint density at radius 1 is 1.40 bits per heavy atom. The molecule has 0 aromatic heterocycles. The predicted molar refractivity (Wildman–Crippen MR) is 64.9 cm³/mol. The Bertz CT molecular complexity index is 393. The largest absolute Gasteiger partial charge is 0.370 e. The lowest BCUT2D eigenvalue weighted by Crippen LogP contribution is -2.22. The van der Waals surface area contributed by atoms with Crippen molar-refractivity contribution in [2.24, 2.45) is 10.7 Å². The van der Waals surface area contributed by atoms with Gasteiger partial charge < -0.3 is 11.1 Å². The molecule has 0 amide bonds. The number of hydrogen-bond acceptors (Lipinski definition) is 1. The highest BCUT2D eigenvalue weighted by atomic mass is 15.1. The number of nitrogens with two attached hydrogens (primary N) is 1. The van der Waals surface area contributed by atoms with E-state index in [2.05, 4.69) is 22.3 Å². The first kappa shape index (κ1) is 11.1. The van der Waals surface area contributed by atoms with Crippen LogP contribution < -0.4 is 11.1 Å². The fraction of sp³-hybridized carbons (Fsp3) is 0.250. The summed E-state index contributed by atoms with van der Waals surface area (Å²) in [6, 6.07) is 6.11. The van der Waals surface area contributed by atoms with Gasteiger partial charge in [-0.25, -0.2) is 4.99 Å². The van der Waals surface area contributed by atoms with Crippen LogP contribution in [0, 0.1) is 26.2 Å². The summed E-state index contributed by atoms with van der Waals surface area (Å²) in [4.78, 5) is 3.94. The van der Waals surface area contributed by atoms with Gasteiger partial charge in [0.25, 0.3) is 0 Å². The zero-order valence-corrected chi connectivity index (χ0v) is 9.04. The molecule has 0 radical (unpaired) electrons. The van der Waals surface area contributed by atoms with E-state index in [0.717, 1.165) is 5.69 Å². The van der Waals surface area contributed by atoms with Gasteiger partial charge in [-0.05, 0) is 37.1 Å². The van der Waals surface area contributed by atoms with E-state index in [1.54, 1.807) is 0 Å². The Labute approximate surface area is 90.4 Å².